The van der Waals surface area contributed by atoms with Crippen LogP contribution in [0.25, 0.3) is 5.57 Å². The van der Waals surface area contributed by atoms with Crippen molar-refractivity contribution in [3.8, 4) is 0 Å². The normalized spacial score (nSPS) is 17.8. The van der Waals surface area contributed by atoms with Crippen molar-refractivity contribution in [1.82, 2.24) is 4.48 Å². The zero-order valence-corrected chi connectivity index (χ0v) is 18.1. The standard InChI is InChI=1S/C23H25BF4N2/c1-7-17-12(3)22-21(19-11-16(25)9-10-20(19)26)23-13(4)18(8-2)15(6)30(23)24(27,28)29(22)14(17)5/h9-11H,7-8H2,1-6H3. The number of benzene rings is 1. The fourth-order valence-corrected chi connectivity index (χ4v) is 5.42. The zero-order valence-electron chi connectivity index (χ0n) is 18.1. The lowest BCUT2D eigenvalue weighted by molar-refractivity contribution is -0.363. The van der Waals surface area contributed by atoms with Gasteiger partial charge in [0.15, 0.2) is 5.70 Å². The Labute approximate surface area is 174 Å². The Balaban J connectivity index is 2.27. The summed E-state index contributed by atoms with van der Waals surface area (Å²) in [7, 11) is 0. The van der Waals surface area contributed by atoms with Gasteiger partial charge >= 0.3 is 6.97 Å². The van der Waals surface area contributed by atoms with Crippen LogP contribution >= 0.6 is 0 Å². The van der Waals surface area contributed by atoms with E-state index in [1.165, 1.54) is 0 Å². The van der Waals surface area contributed by atoms with E-state index in [-0.39, 0.29) is 17.0 Å². The van der Waals surface area contributed by atoms with E-state index in [2.05, 4.69) is 0 Å². The van der Waals surface area contributed by atoms with Gasteiger partial charge in [-0.15, -0.1) is 0 Å². The molecule has 0 bridgehead atoms. The van der Waals surface area contributed by atoms with Crippen LogP contribution < -0.4 is 0 Å². The molecule has 158 valence electrons. The maximum Gasteiger partial charge on any atom is 0.737 e. The molecule has 1 aromatic heterocycles. The quantitative estimate of drug-likeness (QED) is 0.419. The number of hydrogen-bond acceptors (Lipinski definition) is 0. The molecule has 2 aliphatic rings. The lowest BCUT2D eigenvalue weighted by Crippen LogP contribution is -2.51. The molecule has 4 rings (SSSR count). The molecule has 2 nitrogen and oxygen atoms in total. The van der Waals surface area contributed by atoms with E-state index < -0.39 is 18.6 Å². The summed E-state index contributed by atoms with van der Waals surface area (Å²) in [4.78, 5) is 0. The molecule has 0 amide bonds. The number of halogens is 4. The summed E-state index contributed by atoms with van der Waals surface area (Å²) in [5.41, 5.74) is 4.88. The Bertz CT molecular complexity index is 1200. The van der Waals surface area contributed by atoms with E-state index in [1.54, 1.807) is 27.7 Å². The average Bonchev–Trinajstić information content (AvgIpc) is 3.09. The highest BCUT2D eigenvalue weighted by molar-refractivity contribution is 6.58. The highest BCUT2D eigenvalue weighted by Crippen LogP contribution is 2.47. The summed E-state index contributed by atoms with van der Waals surface area (Å²) < 4.78 is 63.4. The van der Waals surface area contributed by atoms with Crippen molar-refractivity contribution < 1.29 is 21.9 Å². The van der Waals surface area contributed by atoms with Crippen molar-refractivity contribution in [3.63, 3.8) is 0 Å². The first-order valence-electron chi connectivity index (χ1n) is 10.3. The summed E-state index contributed by atoms with van der Waals surface area (Å²) >= 11 is 0. The Morgan fingerprint density at radius 3 is 2.27 bits per heavy atom. The minimum absolute atomic E-state index is 0.00954. The fourth-order valence-electron chi connectivity index (χ4n) is 5.42. The van der Waals surface area contributed by atoms with Crippen LogP contribution in [0.2, 0.25) is 0 Å². The number of fused-ring (bicyclic) bond motifs is 2. The molecule has 0 aliphatic carbocycles. The van der Waals surface area contributed by atoms with E-state index in [0.717, 1.165) is 38.3 Å². The van der Waals surface area contributed by atoms with Crippen molar-refractivity contribution in [2.45, 2.75) is 54.4 Å². The molecule has 2 aliphatic heterocycles. The van der Waals surface area contributed by atoms with E-state index >= 15 is 8.63 Å². The Morgan fingerprint density at radius 1 is 1.00 bits per heavy atom. The van der Waals surface area contributed by atoms with Crippen LogP contribution in [0.4, 0.5) is 17.4 Å². The van der Waals surface area contributed by atoms with Crippen molar-refractivity contribution in [3.05, 3.63) is 74.8 Å². The van der Waals surface area contributed by atoms with Crippen molar-refractivity contribution in [1.29, 1.82) is 0 Å². The van der Waals surface area contributed by atoms with Gasteiger partial charge in [-0.2, -0.15) is 0 Å². The molecule has 2 aromatic rings. The SMILES string of the molecule is CCC1=C(C)C2=C(c3cc(F)ccc3F)c3c(C)c(CC)c(C)n3[B-](F)(F)[N+]2=C1C. The van der Waals surface area contributed by atoms with E-state index in [4.69, 9.17) is 0 Å². The fraction of sp³-hybridized carbons (Fsp3) is 0.348. The highest BCUT2D eigenvalue weighted by Gasteiger charge is 2.56. The molecular weight excluding hydrogens is 391 g/mol. The van der Waals surface area contributed by atoms with Crippen molar-refractivity contribution in [2.75, 3.05) is 0 Å². The van der Waals surface area contributed by atoms with Crippen LogP contribution in [0.1, 0.15) is 62.2 Å². The summed E-state index contributed by atoms with van der Waals surface area (Å²) in [6.07, 6.45) is 1.16. The zero-order chi connectivity index (χ0) is 22.1. The van der Waals surface area contributed by atoms with Gasteiger partial charge in [-0.3, -0.25) is 0 Å². The Morgan fingerprint density at radius 2 is 1.67 bits per heavy atom. The number of hydrogen-bond donors (Lipinski definition) is 0. The van der Waals surface area contributed by atoms with Gasteiger partial charge in [-0.25, -0.2) is 8.78 Å². The number of aromatic nitrogens is 1. The molecule has 0 unspecified atom stereocenters. The first-order valence-corrected chi connectivity index (χ1v) is 10.3. The summed E-state index contributed by atoms with van der Waals surface area (Å²) in [6, 6.07) is 3.21. The summed E-state index contributed by atoms with van der Waals surface area (Å²) in [6.45, 7) is 6.61. The van der Waals surface area contributed by atoms with Crippen LogP contribution in [0.5, 0.6) is 0 Å². The van der Waals surface area contributed by atoms with Gasteiger partial charge < -0.3 is 17.6 Å². The molecule has 0 radical (unpaired) electrons. The second-order valence-electron chi connectivity index (χ2n) is 8.11. The second-order valence-corrected chi connectivity index (χ2v) is 8.11. The maximum absolute atomic E-state index is 16.0. The molecule has 3 heterocycles. The van der Waals surface area contributed by atoms with Crippen LogP contribution in [0, 0.1) is 25.5 Å². The Hall–Kier alpha value is -2.57. The highest BCUT2D eigenvalue weighted by atomic mass is 19.2. The first-order chi connectivity index (χ1) is 14.1. The topological polar surface area (TPSA) is 7.94 Å². The lowest BCUT2D eigenvalue weighted by Gasteiger charge is -2.34. The molecule has 0 saturated heterocycles. The van der Waals surface area contributed by atoms with Crippen molar-refractivity contribution in [2.24, 2.45) is 0 Å². The van der Waals surface area contributed by atoms with E-state index in [9.17, 15) is 8.78 Å². The molecular formula is C23H25BF4N2. The van der Waals surface area contributed by atoms with E-state index in [1.807, 2.05) is 13.8 Å². The molecule has 7 heteroatoms. The molecule has 30 heavy (non-hydrogen) atoms. The van der Waals surface area contributed by atoms with E-state index in [0.29, 0.717) is 41.0 Å². The predicted octanol–water partition coefficient (Wildman–Crippen LogP) is 6.15. The van der Waals surface area contributed by atoms with Crippen LogP contribution in [-0.4, -0.2) is 21.6 Å². The molecule has 0 atom stereocenters. The van der Waals surface area contributed by atoms with Gasteiger partial charge in [0.2, 0.25) is 0 Å². The summed E-state index contributed by atoms with van der Waals surface area (Å²) in [5.74, 6) is -1.23. The number of nitrogens with zero attached hydrogens (tertiary/aromatic N) is 2. The average molecular weight is 416 g/mol. The largest absolute Gasteiger partial charge is 0.737 e. The molecule has 1 aromatic carbocycles. The van der Waals surface area contributed by atoms with Gasteiger partial charge in [0.1, 0.15) is 17.3 Å². The Kier molecular flexibility index (Phi) is 4.64. The van der Waals surface area contributed by atoms with Crippen LogP contribution in [0.15, 0.2) is 35.0 Å². The maximum atomic E-state index is 16.0. The first kappa shape index (κ1) is 20.7. The van der Waals surface area contributed by atoms with Gasteiger partial charge in [0, 0.05) is 29.3 Å². The van der Waals surface area contributed by atoms with Gasteiger partial charge in [-0.1, -0.05) is 13.8 Å². The third-order valence-corrected chi connectivity index (χ3v) is 6.69. The molecule has 0 saturated carbocycles. The third kappa shape index (κ3) is 2.47. The second kappa shape index (κ2) is 6.72. The number of rotatable bonds is 3. The molecule has 0 spiro atoms. The minimum Gasteiger partial charge on any atom is -0.393 e. The van der Waals surface area contributed by atoms with Gasteiger partial charge in [0.25, 0.3) is 0 Å². The third-order valence-electron chi connectivity index (χ3n) is 6.69. The minimum atomic E-state index is -4.18. The van der Waals surface area contributed by atoms with Crippen molar-refractivity contribution >= 4 is 18.3 Å². The predicted molar refractivity (Wildman–Crippen MR) is 113 cm³/mol. The van der Waals surface area contributed by atoms with Gasteiger partial charge in [-0.05, 0) is 68.6 Å². The summed E-state index contributed by atoms with van der Waals surface area (Å²) in [5, 5.41) is 0. The van der Waals surface area contributed by atoms with Crippen LogP contribution in [0.3, 0.4) is 0 Å². The number of allylic oxidation sites excluding steroid dienone is 2. The smallest absolute Gasteiger partial charge is 0.393 e. The molecule has 0 N–H and O–H groups in total. The van der Waals surface area contributed by atoms with Crippen LogP contribution in [-0.2, 0) is 6.42 Å². The monoisotopic (exact) mass is 416 g/mol. The lowest BCUT2D eigenvalue weighted by atomic mass is 9.83. The molecule has 0 fully saturated rings. The van der Waals surface area contributed by atoms with Gasteiger partial charge in [0.05, 0.1) is 5.57 Å².